The van der Waals surface area contributed by atoms with Crippen molar-refractivity contribution in [1.29, 1.82) is 0 Å². The number of aromatic nitrogens is 2. The summed E-state index contributed by atoms with van der Waals surface area (Å²) in [7, 11) is 0. The lowest BCUT2D eigenvalue weighted by atomic mass is 10.1. The normalized spacial score (nSPS) is 12.3. The highest BCUT2D eigenvalue weighted by Gasteiger charge is 2.14. The van der Waals surface area contributed by atoms with Crippen LogP contribution >= 0.6 is 15.9 Å². The van der Waals surface area contributed by atoms with Gasteiger partial charge in [0.25, 0.3) is 0 Å². The molecule has 0 fully saturated rings. The summed E-state index contributed by atoms with van der Waals surface area (Å²) in [5.74, 6) is 0.922. The Morgan fingerprint density at radius 2 is 1.92 bits per heavy atom. The van der Waals surface area contributed by atoms with E-state index < -0.39 is 0 Å². The SMILES string of the molecule is CCc1nc2ccccc2n1CC(=O)NC(C)c1ccc(Br)cc1. The van der Waals surface area contributed by atoms with Crippen molar-refractivity contribution in [3.8, 4) is 0 Å². The molecule has 1 N–H and O–H groups in total. The Morgan fingerprint density at radius 3 is 2.62 bits per heavy atom. The summed E-state index contributed by atoms with van der Waals surface area (Å²) in [5, 5.41) is 3.07. The van der Waals surface area contributed by atoms with Crippen LogP contribution in [0.1, 0.15) is 31.3 Å². The van der Waals surface area contributed by atoms with Gasteiger partial charge in [0.2, 0.25) is 5.91 Å². The summed E-state index contributed by atoms with van der Waals surface area (Å²) >= 11 is 3.43. The summed E-state index contributed by atoms with van der Waals surface area (Å²) in [4.78, 5) is 17.1. The number of halogens is 1. The lowest BCUT2D eigenvalue weighted by Crippen LogP contribution is -2.30. The lowest BCUT2D eigenvalue weighted by Gasteiger charge is -2.15. The molecule has 0 spiro atoms. The Bertz CT molecular complexity index is 855. The van der Waals surface area contributed by atoms with E-state index in [2.05, 4.69) is 33.2 Å². The molecule has 1 atom stereocenters. The predicted molar refractivity (Wildman–Crippen MR) is 99.8 cm³/mol. The van der Waals surface area contributed by atoms with Crippen LogP contribution in [-0.4, -0.2) is 15.5 Å². The van der Waals surface area contributed by atoms with E-state index in [0.29, 0.717) is 0 Å². The number of rotatable bonds is 5. The highest BCUT2D eigenvalue weighted by Crippen LogP contribution is 2.18. The summed E-state index contributed by atoms with van der Waals surface area (Å²) in [6.45, 7) is 4.33. The molecule has 2 aromatic carbocycles. The smallest absolute Gasteiger partial charge is 0.240 e. The van der Waals surface area contributed by atoms with Gasteiger partial charge >= 0.3 is 0 Å². The van der Waals surface area contributed by atoms with Gasteiger partial charge < -0.3 is 9.88 Å². The Labute approximate surface area is 150 Å². The summed E-state index contributed by atoms with van der Waals surface area (Å²) in [6.07, 6.45) is 0.796. The monoisotopic (exact) mass is 385 g/mol. The number of fused-ring (bicyclic) bond motifs is 1. The number of benzene rings is 2. The highest BCUT2D eigenvalue weighted by atomic mass is 79.9. The number of carbonyl (C=O) groups is 1. The van der Waals surface area contributed by atoms with E-state index in [-0.39, 0.29) is 18.5 Å². The van der Waals surface area contributed by atoms with E-state index in [0.717, 1.165) is 33.3 Å². The standard InChI is InChI=1S/C19H20BrN3O/c1-3-18-22-16-6-4-5-7-17(16)23(18)12-19(24)21-13(2)14-8-10-15(20)11-9-14/h4-11,13H,3,12H2,1-2H3,(H,21,24). The first-order chi connectivity index (χ1) is 11.6. The van der Waals surface area contributed by atoms with Crippen LogP contribution in [0.4, 0.5) is 0 Å². The summed E-state index contributed by atoms with van der Waals surface area (Å²) in [5.41, 5.74) is 3.02. The van der Waals surface area contributed by atoms with E-state index in [4.69, 9.17) is 0 Å². The Morgan fingerprint density at radius 1 is 1.21 bits per heavy atom. The van der Waals surface area contributed by atoms with Crippen LogP contribution in [-0.2, 0) is 17.8 Å². The molecule has 1 heterocycles. The van der Waals surface area contributed by atoms with Crippen LogP contribution < -0.4 is 5.32 Å². The van der Waals surface area contributed by atoms with Crippen LogP contribution in [0.2, 0.25) is 0 Å². The van der Waals surface area contributed by atoms with Crippen LogP contribution in [0, 0.1) is 0 Å². The van der Waals surface area contributed by atoms with Crippen LogP contribution in [0.5, 0.6) is 0 Å². The van der Waals surface area contributed by atoms with Crippen molar-refractivity contribution in [1.82, 2.24) is 14.9 Å². The summed E-state index contributed by atoms with van der Waals surface area (Å²) in [6, 6.07) is 15.9. The second-order valence-corrected chi connectivity index (χ2v) is 6.71. The van der Waals surface area contributed by atoms with Gasteiger partial charge in [-0.25, -0.2) is 4.98 Å². The second-order valence-electron chi connectivity index (χ2n) is 5.80. The van der Waals surface area contributed by atoms with E-state index in [1.165, 1.54) is 0 Å². The minimum atomic E-state index is -0.0366. The molecule has 0 saturated carbocycles. The fourth-order valence-corrected chi connectivity index (χ4v) is 3.10. The Balaban J connectivity index is 1.76. The average Bonchev–Trinajstić information content (AvgIpc) is 2.93. The van der Waals surface area contributed by atoms with E-state index in [1.807, 2.05) is 60.0 Å². The van der Waals surface area contributed by atoms with Gasteiger partial charge in [0.05, 0.1) is 17.1 Å². The Hall–Kier alpha value is -2.14. The minimum Gasteiger partial charge on any atom is -0.348 e. The first-order valence-electron chi connectivity index (χ1n) is 8.07. The zero-order valence-electron chi connectivity index (χ0n) is 13.8. The number of imidazole rings is 1. The minimum absolute atomic E-state index is 0.0109. The molecule has 0 radical (unpaired) electrons. The maximum absolute atomic E-state index is 12.5. The van der Waals surface area contributed by atoms with Crippen LogP contribution in [0.25, 0.3) is 11.0 Å². The molecule has 0 bridgehead atoms. The highest BCUT2D eigenvalue weighted by molar-refractivity contribution is 9.10. The molecule has 3 rings (SSSR count). The molecular weight excluding hydrogens is 366 g/mol. The van der Waals surface area contributed by atoms with Crippen LogP contribution in [0.3, 0.4) is 0 Å². The average molecular weight is 386 g/mol. The third kappa shape index (κ3) is 3.51. The van der Waals surface area contributed by atoms with Crippen molar-refractivity contribution in [2.75, 3.05) is 0 Å². The second kappa shape index (κ2) is 7.18. The molecule has 1 unspecified atom stereocenters. The molecule has 4 nitrogen and oxygen atoms in total. The van der Waals surface area contributed by atoms with Crippen molar-refractivity contribution < 1.29 is 4.79 Å². The molecule has 0 aliphatic heterocycles. The van der Waals surface area contributed by atoms with Crippen LogP contribution in [0.15, 0.2) is 53.0 Å². The zero-order valence-corrected chi connectivity index (χ0v) is 15.4. The maximum Gasteiger partial charge on any atom is 0.240 e. The quantitative estimate of drug-likeness (QED) is 0.713. The maximum atomic E-state index is 12.5. The molecule has 1 amide bonds. The van der Waals surface area contributed by atoms with Gasteiger partial charge in [-0.1, -0.05) is 47.1 Å². The first kappa shape index (κ1) is 16.7. The van der Waals surface area contributed by atoms with Gasteiger partial charge in [0.15, 0.2) is 0 Å². The molecule has 3 aromatic rings. The van der Waals surface area contributed by atoms with Gasteiger partial charge in [-0.05, 0) is 36.8 Å². The molecular formula is C19H20BrN3O. The number of amides is 1. The number of aryl methyl sites for hydroxylation is 1. The number of nitrogens with zero attached hydrogens (tertiary/aromatic N) is 2. The summed E-state index contributed by atoms with van der Waals surface area (Å²) < 4.78 is 3.03. The molecule has 124 valence electrons. The van der Waals surface area contributed by atoms with Gasteiger partial charge in [-0.2, -0.15) is 0 Å². The lowest BCUT2D eigenvalue weighted by molar-refractivity contribution is -0.122. The van der Waals surface area contributed by atoms with Crippen molar-refractivity contribution in [2.45, 2.75) is 32.9 Å². The van der Waals surface area contributed by atoms with Crippen molar-refractivity contribution in [2.24, 2.45) is 0 Å². The molecule has 0 saturated heterocycles. The van der Waals surface area contributed by atoms with Gasteiger partial charge in [-0.3, -0.25) is 4.79 Å². The Kier molecular flexibility index (Phi) is 5.00. The first-order valence-corrected chi connectivity index (χ1v) is 8.86. The third-order valence-electron chi connectivity index (χ3n) is 4.10. The number of hydrogen-bond donors (Lipinski definition) is 1. The number of para-hydroxylation sites is 2. The fourth-order valence-electron chi connectivity index (χ4n) is 2.84. The molecule has 5 heteroatoms. The largest absolute Gasteiger partial charge is 0.348 e. The van der Waals surface area contributed by atoms with Gasteiger partial charge in [-0.15, -0.1) is 0 Å². The zero-order chi connectivity index (χ0) is 17.1. The molecule has 1 aromatic heterocycles. The fraction of sp³-hybridized carbons (Fsp3) is 0.263. The van der Waals surface area contributed by atoms with E-state index in [9.17, 15) is 4.79 Å². The predicted octanol–water partition coefficient (Wildman–Crippen LogP) is 4.24. The molecule has 24 heavy (non-hydrogen) atoms. The van der Waals surface area contributed by atoms with E-state index in [1.54, 1.807) is 0 Å². The van der Waals surface area contributed by atoms with E-state index >= 15 is 0 Å². The molecule has 0 aliphatic rings. The van der Waals surface area contributed by atoms with Gasteiger partial charge in [0.1, 0.15) is 12.4 Å². The third-order valence-corrected chi connectivity index (χ3v) is 4.63. The van der Waals surface area contributed by atoms with Crippen molar-refractivity contribution >= 4 is 32.9 Å². The van der Waals surface area contributed by atoms with Gasteiger partial charge in [0, 0.05) is 10.9 Å². The number of carbonyl (C=O) groups excluding carboxylic acids is 1. The van der Waals surface area contributed by atoms with Crippen molar-refractivity contribution in [3.05, 3.63) is 64.4 Å². The molecule has 0 aliphatic carbocycles. The number of hydrogen-bond acceptors (Lipinski definition) is 2. The number of nitrogens with one attached hydrogen (secondary N) is 1. The van der Waals surface area contributed by atoms with Crippen molar-refractivity contribution in [3.63, 3.8) is 0 Å². The topological polar surface area (TPSA) is 46.9 Å².